The van der Waals surface area contributed by atoms with Gasteiger partial charge in [0.15, 0.2) is 0 Å². The van der Waals surface area contributed by atoms with Gasteiger partial charge in [0.2, 0.25) is 0 Å². The zero-order valence-electron chi connectivity index (χ0n) is 12.3. The number of piperidine rings is 1. The lowest BCUT2D eigenvalue weighted by molar-refractivity contribution is 0.0891. The molecule has 1 saturated heterocycles. The summed E-state index contributed by atoms with van der Waals surface area (Å²) in [5.41, 5.74) is 13.2. The van der Waals surface area contributed by atoms with E-state index in [9.17, 15) is 4.79 Å². The van der Waals surface area contributed by atoms with Gasteiger partial charge in [0.05, 0.1) is 0 Å². The number of hydrogen-bond donors (Lipinski definition) is 3. The summed E-state index contributed by atoms with van der Waals surface area (Å²) >= 11 is 0. The van der Waals surface area contributed by atoms with E-state index in [1.54, 1.807) is 18.2 Å². The number of hydrogen-bond acceptors (Lipinski definition) is 4. The monoisotopic (exact) mass is 276 g/mol. The molecule has 5 nitrogen and oxygen atoms in total. The summed E-state index contributed by atoms with van der Waals surface area (Å²) < 4.78 is 0. The van der Waals surface area contributed by atoms with Gasteiger partial charge in [0.25, 0.3) is 5.91 Å². The molecule has 1 aromatic rings. The molecule has 0 radical (unpaired) electrons. The van der Waals surface area contributed by atoms with E-state index in [0.717, 1.165) is 25.9 Å². The predicted molar refractivity (Wildman–Crippen MR) is 82.4 cm³/mol. The number of benzene rings is 1. The zero-order chi connectivity index (χ0) is 14.8. The number of amides is 1. The number of carbonyl (C=O) groups excluding carboxylic acids is 1. The molecule has 2 rings (SSSR count). The van der Waals surface area contributed by atoms with Crippen LogP contribution in [0.3, 0.4) is 0 Å². The average Bonchev–Trinajstić information content (AvgIpc) is 2.39. The first-order valence-electron chi connectivity index (χ1n) is 7.01. The minimum atomic E-state index is -0.107. The summed E-state index contributed by atoms with van der Waals surface area (Å²) in [6, 6.07) is 4.96. The van der Waals surface area contributed by atoms with Gasteiger partial charge >= 0.3 is 0 Å². The largest absolute Gasteiger partial charge is 0.399 e. The smallest absolute Gasteiger partial charge is 0.251 e. The molecule has 5 heteroatoms. The van der Waals surface area contributed by atoms with E-state index in [4.69, 9.17) is 11.5 Å². The lowest BCUT2D eigenvalue weighted by Crippen LogP contribution is -2.43. The third-order valence-corrected chi connectivity index (χ3v) is 4.11. The molecule has 20 heavy (non-hydrogen) atoms. The van der Waals surface area contributed by atoms with Crippen molar-refractivity contribution >= 4 is 17.3 Å². The highest BCUT2D eigenvalue weighted by atomic mass is 16.1. The van der Waals surface area contributed by atoms with Crippen LogP contribution in [0.5, 0.6) is 0 Å². The van der Waals surface area contributed by atoms with Crippen molar-refractivity contribution in [2.45, 2.75) is 19.8 Å². The Hall–Kier alpha value is -1.75. The quantitative estimate of drug-likeness (QED) is 0.727. The van der Waals surface area contributed by atoms with Crippen LogP contribution in [-0.2, 0) is 0 Å². The molecule has 0 unspecified atom stereocenters. The van der Waals surface area contributed by atoms with Gasteiger partial charge < -0.3 is 21.7 Å². The molecule has 1 aliphatic heterocycles. The maximum absolute atomic E-state index is 12.2. The van der Waals surface area contributed by atoms with Crippen molar-refractivity contribution in [2.75, 3.05) is 38.1 Å². The van der Waals surface area contributed by atoms with Gasteiger partial charge in [-0.1, -0.05) is 6.92 Å². The van der Waals surface area contributed by atoms with E-state index in [2.05, 4.69) is 24.2 Å². The predicted octanol–water partition coefficient (Wildman–Crippen LogP) is 1.31. The summed E-state index contributed by atoms with van der Waals surface area (Å²) in [6.07, 6.45) is 2.20. The molecule has 0 spiro atoms. The van der Waals surface area contributed by atoms with E-state index in [-0.39, 0.29) is 11.3 Å². The SMILES string of the molecule is CN1CCC(C)(CNC(=O)c2cc(N)cc(N)c2)CC1. The molecule has 0 aliphatic carbocycles. The summed E-state index contributed by atoms with van der Waals surface area (Å²) in [5, 5.41) is 3.01. The van der Waals surface area contributed by atoms with Crippen molar-refractivity contribution in [2.24, 2.45) is 5.41 Å². The Balaban J connectivity index is 1.95. The van der Waals surface area contributed by atoms with Crippen molar-refractivity contribution in [1.29, 1.82) is 0 Å². The molecule has 0 aromatic heterocycles. The van der Waals surface area contributed by atoms with E-state index in [0.29, 0.717) is 23.5 Å². The van der Waals surface area contributed by atoms with Crippen molar-refractivity contribution in [3.8, 4) is 0 Å². The highest BCUT2D eigenvalue weighted by molar-refractivity contribution is 5.96. The second-order valence-electron chi connectivity index (χ2n) is 6.18. The molecule has 1 fully saturated rings. The summed E-state index contributed by atoms with van der Waals surface area (Å²) in [4.78, 5) is 14.5. The molecule has 0 atom stereocenters. The van der Waals surface area contributed by atoms with E-state index in [1.807, 2.05) is 0 Å². The van der Waals surface area contributed by atoms with Crippen LogP contribution >= 0.6 is 0 Å². The first-order valence-corrected chi connectivity index (χ1v) is 7.01. The second-order valence-corrected chi connectivity index (χ2v) is 6.18. The fourth-order valence-electron chi connectivity index (χ4n) is 2.54. The third kappa shape index (κ3) is 3.63. The zero-order valence-corrected chi connectivity index (χ0v) is 12.3. The van der Waals surface area contributed by atoms with E-state index >= 15 is 0 Å². The Kier molecular flexibility index (Phi) is 4.18. The number of anilines is 2. The number of likely N-dealkylation sites (tertiary alicyclic amines) is 1. The molecule has 1 aromatic carbocycles. The minimum absolute atomic E-state index is 0.107. The molecule has 110 valence electrons. The molecule has 0 saturated carbocycles. The average molecular weight is 276 g/mol. The van der Waals surface area contributed by atoms with E-state index < -0.39 is 0 Å². The summed E-state index contributed by atoms with van der Waals surface area (Å²) in [7, 11) is 2.13. The van der Waals surface area contributed by atoms with Gasteiger partial charge in [-0.3, -0.25) is 4.79 Å². The van der Waals surface area contributed by atoms with Crippen LogP contribution < -0.4 is 16.8 Å². The number of nitrogens with two attached hydrogens (primary N) is 2. The topological polar surface area (TPSA) is 84.4 Å². The number of nitrogens with one attached hydrogen (secondary N) is 1. The van der Waals surface area contributed by atoms with Crippen LogP contribution in [0.2, 0.25) is 0 Å². The molecule has 1 amide bonds. The molecule has 1 heterocycles. The standard InChI is InChI=1S/C15H24N4O/c1-15(3-5-19(2)6-4-15)10-18-14(20)11-7-12(16)9-13(17)8-11/h7-9H,3-6,10,16-17H2,1-2H3,(H,18,20). The third-order valence-electron chi connectivity index (χ3n) is 4.11. The normalized spacial score (nSPS) is 18.7. The maximum atomic E-state index is 12.2. The van der Waals surface area contributed by atoms with Crippen molar-refractivity contribution < 1.29 is 4.79 Å². The Morgan fingerprint density at radius 3 is 2.35 bits per heavy atom. The van der Waals surface area contributed by atoms with Crippen LogP contribution in [0.4, 0.5) is 11.4 Å². The first kappa shape index (κ1) is 14.7. The highest BCUT2D eigenvalue weighted by Crippen LogP contribution is 2.29. The Morgan fingerprint density at radius 1 is 1.25 bits per heavy atom. The lowest BCUT2D eigenvalue weighted by Gasteiger charge is -2.37. The van der Waals surface area contributed by atoms with Gasteiger partial charge in [-0.2, -0.15) is 0 Å². The van der Waals surface area contributed by atoms with Gasteiger partial charge in [0.1, 0.15) is 0 Å². The Morgan fingerprint density at radius 2 is 1.80 bits per heavy atom. The van der Waals surface area contributed by atoms with Gasteiger partial charge in [0, 0.05) is 23.5 Å². The number of nitrogen functional groups attached to an aromatic ring is 2. The van der Waals surface area contributed by atoms with Gasteiger partial charge in [-0.15, -0.1) is 0 Å². The highest BCUT2D eigenvalue weighted by Gasteiger charge is 2.29. The Labute approximate surface area is 120 Å². The number of nitrogens with zero attached hydrogens (tertiary/aromatic N) is 1. The molecular weight excluding hydrogens is 252 g/mol. The minimum Gasteiger partial charge on any atom is -0.399 e. The number of carbonyl (C=O) groups is 1. The molecule has 1 aliphatic rings. The van der Waals surface area contributed by atoms with Gasteiger partial charge in [-0.25, -0.2) is 0 Å². The van der Waals surface area contributed by atoms with Crippen LogP contribution in [0.15, 0.2) is 18.2 Å². The summed E-state index contributed by atoms with van der Waals surface area (Å²) in [5.74, 6) is -0.107. The first-order chi connectivity index (χ1) is 9.38. The van der Waals surface area contributed by atoms with Crippen molar-refractivity contribution in [3.05, 3.63) is 23.8 Å². The maximum Gasteiger partial charge on any atom is 0.251 e. The number of rotatable bonds is 3. The van der Waals surface area contributed by atoms with Crippen LogP contribution in [0.1, 0.15) is 30.1 Å². The second kappa shape index (κ2) is 5.71. The molecular formula is C15H24N4O. The van der Waals surface area contributed by atoms with Crippen molar-refractivity contribution in [1.82, 2.24) is 10.2 Å². The van der Waals surface area contributed by atoms with Gasteiger partial charge in [-0.05, 0) is 56.6 Å². The summed E-state index contributed by atoms with van der Waals surface area (Å²) in [6.45, 7) is 5.08. The van der Waals surface area contributed by atoms with Crippen molar-refractivity contribution in [3.63, 3.8) is 0 Å². The Bertz CT molecular complexity index is 472. The molecule has 0 bridgehead atoms. The molecule has 5 N–H and O–H groups in total. The van der Waals surface area contributed by atoms with Crippen LogP contribution in [0, 0.1) is 5.41 Å². The fourth-order valence-corrected chi connectivity index (χ4v) is 2.54. The van der Waals surface area contributed by atoms with E-state index in [1.165, 1.54) is 0 Å². The fraction of sp³-hybridized carbons (Fsp3) is 0.533. The van der Waals surface area contributed by atoms with Crippen LogP contribution in [-0.4, -0.2) is 37.5 Å². The lowest BCUT2D eigenvalue weighted by atomic mass is 9.80. The van der Waals surface area contributed by atoms with Crippen LogP contribution in [0.25, 0.3) is 0 Å².